The van der Waals surface area contributed by atoms with Gasteiger partial charge in [-0.3, -0.25) is 4.79 Å². The van der Waals surface area contributed by atoms with Gasteiger partial charge in [0.25, 0.3) is 6.47 Å². The minimum absolute atomic E-state index is 0.00502. The predicted octanol–water partition coefficient (Wildman–Crippen LogP) is 1.08. The molecule has 3 fully saturated rings. The van der Waals surface area contributed by atoms with Gasteiger partial charge in [0.05, 0.1) is 6.10 Å². The van der Waals surface area contributed by atoms with Crippen LogP contribution in [0.2, 0.25) is 0 Å². The molecule has 5 N–H and O–H groups in total. The molecule has 0 aromatic carbocycles. The molecule has 0 amide bonds. The quantitative estimate of drug-likeness (QED) is 0.434. The molecule has 1 aliphatic carbocycles. The zero-order valence-electron chi connectivity index (χ0n) is 18.9. The lowest BCUT2D eigenvalue weighted by molar-refractivity contribution is -0.142. The lowest BCUT2D eigenvalue weighted by atomic mass is 9.76. The zero-order valence-corrected chi connectivity index (χ0v) is 18.9. The Morgan fingerprint density at radius 1 is 1.25 bits per heavy atom. The van der Waals surface area contributed by atoms with Gasteiger partial charge in [-0.25, -0.2) is 4.98 Å². The molecule has 1 aromatic rings. The molecule has 1 aromatic heterocycles. The monoisotopic (exact) mass is 446 g/mol. The fourth-order valence-corrected chi connectivity index (χ4v) is 5.77. The fourth-order valence-electron chi connectivity index (χ4n) is 5.77. The van der Waals surface area contributed by atoms with Crippen LogP contribution in [0.4, 0.5) is 11.8 Å². The van der Waals surface area contributed by atoms with Crippen molar-refractivity contribution in [2.45, 2.75) is 75.7 Å². The van der Waals surface area contributed by atoms with E-state index in [2.05, 4.69) is 25.5 Å². The van der Waals surface area contributed by atoms with Crippen LogP contribution in [-0.4, -0.2) is 72.0 Å². The van der Waals surface area contributed by atoms with E-state index in [1.807, 2.05) is 6.07 Å². The van der Waals surface area contributed by atoms with E-state index in [0.717, 1.165) is 83.4 Å². The van der Waals surface area contributed by atoms with Crippen molar-refractivity contribution in [3.63, 3.8) is 0 Å². The number of nitrogen functional groups attached to an aromatic ring is 1. The highest BCUT2D eigenvalue weighted by Crippen LogP contribution is 2.34. The van der Waals surface area contributed by atoms with Crippen LogP contribution in [0.1, 0.15) is 51.4 Å². The second-order valence-corrected chi connectivity index (χ2v) is 9.59. The normalized spacial score (nSPS) is 28.9. The smallest absolute Gasteiger partial charge is 0.293 e. The number of aliphatic hydroxyl groups excluding tert-OH is 1. The van der Waals surface area contributed by atoms with Gasteiger partial charge < -0.3 is 31.1 Å². The third kappa shape index (κ3) is 5.88. The predicted molar refractivity (Wildman–Crippen MR) is 123 cm³/mol. The van der Waals surface area contributed by atoms with Crippen LogP contribution in [0.25, 0.3) is 0 Å². The largest absolute Gasteiger partial charge is 0.464 e. The van der Waals surface area contributed by atoms with Gasteiger partial charge in [-0.15, -0.1) is 0 Å². The third-order valence-corrected chi connectivity index (χ3v) is 7.56. The molecule has 178 valence electrons. The van der Waals surface area contributed by atoms with E-state index in [4.69, 9.17) is 10.5 Å². The Hall–Kier alpha value is -1.97. The number of carbonyl (C=O) groups excluding carboxylic acids is 1. The molecule has 4 unspecified atom stereocenters. The van der Waals surface area contributed by atoms with Crippen LogP contribution in [0, 0.1) is 11.8 Å². The Bertz CT molecular complexity index is 723. The van der Waals surface area contributed by atoms with Crippen LogP contribution in [-0.2, 0) is 9.53 Å². The Labute approximate surface area is 190 Å². The Morgan fingerprint density at radius 2 is 2.03 bits per heavy atom. The molecule has 3 aliphatic rings. The summed E-state index contributed by atoms with van der Waals surface area (Å²) < 4.78 is 5.55. The summed E-state index contributed by atoms with van der Waals surface area (Å²) in [7, 11) is 0. The number of hydrogen-bond acceptors (Lipinski definition) is 9. The van der Waals surface area contributed by atoms with Gasteiger partial charge in [-0.1, -0.05) is 6.42 Å². The van der Waals surface area contributed by atoms with Crippen LogP contribution in [0.5, 0.6) is 0 Å². The van der Waals surface area contributed by atoms with Crippen LogP contribution < -0.4 is 21.3 Å². The van der Waals surface area contributed by atoms with Gasteiger partial charge in [-0.05, 0) is 70.0 Å². The van der Waals surface area contributed by atoms with Crippen molar-refractivity contribution in [1.29, 1.82) is 0 Å². The molecule has 3 heterocycles. The summed E-state index contributed by atoms with van der Waals surface area (Å²) in [5.74, 6) is 1.74. The first kappa shape index (κ1) is 23.2. The average Bonchev–Trinajstić information content (AvgIpc) is 2.81. The number of nitrogens with one attached hydrogen (secondary N) is 2. The van der Waals surface area contributed by atoms with E-state index < -0.39 is 6.10 Å². The zero-order chi connectivity index (χ0) is 22.3. The van der Waals surface area contributed by atoms with E-state index >= 15 is 0 Å². The number of nitrogens with two attached hydrogens (primary N) is 1. The molecule has 32 heavy (non-hydrogen) atoms. The molecular formula is C23H38N6O3. The first-order valence-electron chi connectivity index (χ1n) is 12.2. The number of piperidine rings is 2. The van der Waals surface area contributed by atoms with Crippen molar-refractivity contribution in [2.24, 2.45) is 11.8 Å². The molecule has 9 heteroatoms. The topological polar surface area (TPSA) is 126 Å². The summed E-state index contributed by atoms with van der Waals surface area (Å²) in [6.45, 7) is 4.41. The number of hydrogen-bond donors (Lipinski definition) is 4. The molecule has 1 saturated carbocycles. The standard InChI is InChI=1S/C23H38N6O3/c24-23-26-11-6-21(28-23)29-12-7-17(8-13-29)27-19-3-1-2-18(22(19)31)20(32-15-30)14-16-4-9-25-10-5-16/h6,11,15-20,22,25,27,31H,1-5,7-10,12-14H2,(H2,24,26,28). The lowest BCUT2D eigenvalue weighted by Crippen LogP contribution is -2.55. The summed E-state index contributed by atoms with van der Waals surface area (Å²) in [6.07, 6.45) is 8.98. The van der Waals surface area contributed by atoms with Crippen molar-refractivity contribution in [3.05, 3.63) is 12.3 Å². The molecule has 4 atom stereocenters. The van der Waals surface area contributed by atoms with Gasteiger partial charge in [0, 0.05) is 37.3 Å². The highest BCUT2D eigenvalue weighted by atomic mass is 16.5. The number of aromatic nitrogens is 2. The summed E-state index contributed by atoms with van der Waals surface area (Å²) in [5.41, 5.74) is 5.73. The molecular weight excluding hydrogens is 408 g/mol. The van der Waals surface area contributed by atoms with Crippen LogP contribution >= 0.6 is 0 Å². The fraction of sp³-hybridized carbons (Fsp3) is 0.783. The number of carbonyl (C=O) groups is 1. The molecule has 2 aliphatic heterocycles. The number of rotatable bonds is 8. The molecule has 4 rings (SSSR count). The second kappa shape index (κ2) is 11.2. The first-order valence-corrected chi connectivity index (χ1v) is 12.2. The van der Waals surface area contributed by atoms with Crippen molar-refractivity contribution < 1.29 is 14.6 Å². The first-order chi connectivity index (χ1) is 15.6. The highest BCUT2D eigenvalue weighted by Gasteiger charge is 2.39. The average molecular weight is 447 g/mol. The maximum absolute atomic E-state index is 11.2. The van der Waals surface area contributed by atoms with Gasteiger partial charge in [0.1, 0.15) is 11.9 Å². The molecule has 0 spiro atoms. The van der Waals surface area contributed by atoms with E-state index in [1.165, 1.54) is 0 Å². The van der Waals surface area contributed by atoms with E-state index in [9.17, 15) is 9.90 Å². The summed E-state index contributed by atoms with van der Waals surface area (Å²) in [4.78, 5) is 21.8. The second-order valence-electron chi connectivity index (χ2n) is 9.59. The van der Waals surface area contributed by atoms with Crippen molar-refractivity contribution in [2.75, 3.05) is 36.8 Å². The van der Waals surface area contributed by atoms with Crippen molar-refractivity contribution in [1.82, 2.24) is 20.6 Å². The van der Waals surface area contributed by atoms with E-state index in [0.29, 0.717) is 24.4 Å². The van der Waals surface area contributed by atoms with Gasteiger partial charge in [0.2, 0.25) is 5.95 Å². The summed E-state index contributed by atoms with van der Waals surface area (Å²) in [6, 6.07) is 2.30. The van der Waals surface area contributed by atoms with Gasteiger partial charge in [0.15, 0.2) is 0 Å². The Kier molecular flexibility index (Phi) is 8.15. The van der Waals surface area contributed by atoms with Gasteiger partial charge in [-0.2, -0.15) is 4.98 Å². The molecule has 9 nitrogen and oxygen atoms in total. The SMILES string of the molecule is Nc1nccc(N2CCC(NC3CCCC(C(CC4CCNCC4)OC=O)C3O)CC2)n1. The molecule has 0 bridgehead atoms. The Balaban J connectivity index is 1.30. The van der Waals surface area contributed by atoms with Crippen LogP contribution in [0.15, 0.2) is 12.3 Å². The number of anilines is 2. The number of ether oxygens (including phenoxy) is 1. The maximum Gasteiger partial charge on any atom is 0.293 e. The minimum Gasteiger partial charge on any atom is -0.464 e. The number of nitrogens with zero attached hydrogens (tertiary/aromatic N) is 3. The Morgan fingerprint density at radius 3 is 2.75 bits per heavy atom. The summed E-state index contributed by atoms with van der Waals surface area (Å²) in [5, 5.41) is 18.4. The van der Waals surface area contributed by atoms with Crippen LogP contribution in [0.3, 0.4) is 0 Å². The van der Waals surface area contributed by atoms with Crippen molar-refractivity contribution >= 4 is 18.2 Å². The third-order valence-electron chi connectivity index (χ3n) is 7.56. The van der Waals surface area contributed by atoms with E-state index in [-0.39, 0.29) is 18.1 Å². The summed E-state index contributed by atoms with van der Waals surface area (Å²) >= 11 is 0. The lowest BCUT2D eigenvalue weighted by Gasteiger charge is -2.42. The highest BCUT2D eigenvalue weighted by molar-refractivity contribution is 5.41. The minimum atomic E-state index is -0.491. The van der Waals surface area contributed by atoms with Gasteiger partial charge >= 0.3 is 0 Å². The van der Waals surface area contributed by atoms with Crippen molar-refractivity contribution in [3.8, 4) is 0 Å². The number of aliphatic hydroxyl groups is 1. The molecule has 0 radical (unpaired) electrons. The van der Waals surface area contributed by atoms with E-state index in [1.54, 1.807) is 6.20 Å². The molecule has 2 saturated heterocycles. The maximum atomic E-state index is 11.2.